The summed E-state index contributed by atoms with van der Waals surface area (Å²) in [6, 6.07) is 3.09. The van der Waals surface area contributed by atoms with E-state index in [9.17, 15) is 4.39 Å². The molecule has 1 atom stereocenters. The van der Waals surface area contributed by atoms with Gasteiger partial charge in [-0.3, -0.25) is 0 Å². The monoisotopic (exact) mass is 197 g/mol. The average molecular weight is 197 g/mol. The topological polar surface area (TPSA) is 44.5 Å². The van der Waals surface area contributed by atoms with Crippen LogP contribution in [-0.4, -0.2) is 12.8 Å². The number of hydrogen-bond donors (Lipinski definition) is 1. The van der Waals surface area contributed by atoms with Gasteiger partial charge in [0.25, 0.3) is 0 Å². The van der Waals surface area contributed by atoms with Crippen molar-refractivity contribution < 1.29 is 13.9 Å². The Kier molecular flexibility index (Phi) is 2.29. The van der Waals surface area contributed by atoms with Gasteiger partial charge in [0.05, 0.1) is 0 Å². The Morgan fingerprint density at radius 2 is 2.14 bits per heavy atom. The van der Waals surface area contributed by atoms with Crippen molar-refractivity contribution in [1.82, 2.24) is 0 Å². The minimum absolute atomic E-state index is 0.0220. The summed E-state index contributed by atoms with van der Waals surface area (Å²) in [7, 11) is 0. The van der Waals surface area contributed by atoms with Crippen LogP contribution in [0.3, 0.4) is 0 Å². The minimum atomic E-state index is -0.383. The van der Waals surface area contributed by atoms with Gasteiger partial charge in [0.2, 0.25) is 12.5 Å². The van der Waals surface area contributed by atoms with E-state index >= 15 is 0 Å². The SMILES string of the molecule is CC(N)Cc1ccc(F)c2c1OCO2. The molecule has 1 aliphatic rings. The first-order chi connectivity index (χ1) is 6.68. The quantitative estimate of drug-likeness (QED) is 0.780. The third-order valence-corrected chi connectivity index (χ3v) is 2.09. The molecule has 14 heavy (non-hydrogen) atoms. The Labute approximate surface area is 81.6 Å². The molecule has 0 aromatic heterocycles. The molecule has 1 aliphatic heterocycles. The molecular formula is C10H12FNO2. The van der Waals surface area contributed by atoms with Crippen molar-refractivity contribution in [3.8, 4) is 11.5 Å². The highest BCUT2D eigenvalue weighted by atomic mass is 19.1. The van der Waals surface area contributed by atoms with Gasteiger partial charge in [0, 0.05) is 6.04 Å². The fourth-order valence-corrected chi connectivity index (χ4v) is 1.53. The van der Waals surface area contributed by atoms with Crippen LogP contribution in [0, 0.1) is 5.82 Å². The Balaban J connectivity index is 2.38. The first-order valence-corrected chi connectivity index (χ1v) is 4.51. The second-order valence-electron chi connectivity index (χ2n) is 3.45. The van der Waals surface area contributed by atoms with E-state index < -0.39 is 0 Å². The van der Waals surface area contributed by atoms with Crippen LogP contribution in [0.2, 0.25) is 0 Å². The lowest BCUT2D eigenvalue weighted by Gasteiger charge is -2.08. The van der Waals surface area contributed by atoms with E-state index in [1.54, 1.807) is 6.07 Å². The lowest BCUT2D eigenvalue weighted by atomic mass is 10.1. The second kappa shape index (κ2) is 3.46. The summed E-state index contributed by atoms with van der Waals surface area (Å²) >= 11 is 0. The van der Waals surface area contributed by atoms with Crippen LogP contribution in [0.5, 0.6) is 11.5 Å². The predicted octanol–water partition coefficient (Wildman–Crippen LogP) is 1.44. The molecule has 4 heteroatoms. The summed E-state index contributed by atoms with van der Waals surface area (Å²) in [6.07, 6.45) is 0.659. The molecule has 0 spiro atoms. The summed E-state index contributed by atoms with van der Waals surface area (Å²) in [5.74, 6) is 0.330. The third kappa shape index (κ3) is 1.53. The zero-order valence-corrected chi connectivity index (χ0v) is 7.92. The highest BCUT2D eigenvalue weighted by Gasteiger charge is 2.22. The molecule has 0 fully saturated rings. The summed E-state index contributed by atoms with van der Waals surface area (Å²) in [4.78, 5) is 0. The van der Waals surface area contributed by atoms with Gasteiger partial charge in [0.1, 0.15) is 0 Å². The standard InChI is InChI=1S/C10H12FNO2/c1-6(12)4-7-2-3-8(11)10-9(7)13-5-14-10/h2-3,6H,4-5,12H2,1H3. The number of ether oxygens (including phenoxy) is 2. The summed E-state index contributed by atoms with van der Waals surface area (Å²) in [5.41, 5.74) is 6.56. The van der Waals surface area contributed by atoms with E-state index in [-0.39, 0.29) is 24.4 Å². The highest BCUT2D eigenvalue weighted by Crippen LogP contribution is 2.38. The van der Waals surface area contributed by atoms with E-state index in [2.05, 4.69) is 0 Å². The van der Waals surface area contributed by atoms with Crippen LogP contribution in [-0.2, 0) is 6.42 Å². The molecule has 0 radical (unpaired) electrons. The minimum Gasteiger partial charge on any atom is -0.453 e. The van der Waals surface area contributed by atoms with Crippen LogP contribution in [0.25, 0.3) is 0 Å². The van der Waals surface area contributed by atoms with Crippen molar-refractivity contribution in [3.05, 3.63) is 23.5 Å². The van der Waals surface area contributed by atoms with Crippen LogP contribution < -0.4 is 15.2 Å². The zero-order chi connectivity index (χ0) is 10.1. The summed E-state index contributed by atoms with van der Waals surface area (Å²) in [6.45, 7) is 1.98. The Hall–Kier alpha value is -1.29. The van der Waals surface area contributed by atoms with E-state index in [1.165, 1.54) is 6.07 Å². The molecule has 1 aromatic carbocycles. The predicted molar refractivity (Wildman–Crippen MR) is 49.9 cm³/mol. The maximum atomic E-state index is 13.2. The molecule has 76 valence electrons. The van der Waals surface area contributed by atoms with E-state index in [4.69, 9.17) is 15.2 Å². The molecule has 0 saturated heterocycles. The fraction of sp³-hybridized carbons (Fsp3) is 0.400. The Morgan fingerprint density at radius 1 is 1.43 bits per heavy atom. The lowest BCUT2D eigenvalue weighted by molar-refractivity contribution is 0.170. The molecule has 0 aliphatic carbocycles. The van der Waals surface area contributed by atoms with Crippen molar-refractivity contribution in [3.63, 3.8) is 0 Å². The highest BCUT2D eigenvalue weighted by molar-refractivity contribution is 5.49. The number of fused-ring (bicyclic) bond motifs is 1. The van der Waals surface area contributed by atoms with Crippen molar-refractivity contribution >= 4 is 0 Å². The van der Waals surface area contributed by atoms with Crippen molar-refractivity contribution in [1.29, 1.82) is 0 Å². The maximum absolute atomic E-state index is 13.2. The van der Waals surface area contributed by atoms with Gasteiger partial charge in [0.15, 0.2) is 11.6 Å². The average Bonchev–Trinajstić information content (AvgIpc) is 2.58. The number of halogens is 1. The molecule has 0 saturated carbocycles. The summed E-state index contributed by atoms with van der Waals surface area (Å²) < 4.78 is 23.4. The van der Waals surface area contributed by atoms with Crippen LogP contribution in [0.1, 0.15) is 12.5 Å². The van der Waals surface area contributed by atoms with Gasteiger partial charge < -0.3 is 15.2 Å². The molecule has 1 unspecified atom stereocenters. The number of rotatable bonds is 2. The van der Waals surface area contributed by atoms with Gasteiger partial charge in [-0.15, -0.1) is 0 Å². The largest absolute Gasteiger partial charge is 0.453 e. The third-order valence-electron chi connectivity index (χ3n) is 2.09. The van der Waals surface area contributed by atoms with Gasteiger partial charge in [-0.2, -0.15) is 0 Å². The van der Waals surface area contributed by atoms with Gasteiger partial charge in [-0.1, -0.05) is 6.07 Å². The first kappa shape index (κ1) is 9.27. The van der Waals surface area contributed by atoms with Gasteiger partial charge >= 0.3 is 0 Å². The molecule has 1 aromatic rings. The van der Waals surface area contributed by atoms with Crippen molar-refractivity contribution in [2.45, 2.75) is 19.4 Å². The van der Waals surface area contributed by atoms with Gasteiger partial charge in [-0.25, -0.2) is 4.39 Å². The van der Waals surface area contributed by atoms with E-state index in [0.29, 0.717) is 12.2 Å². The normalized spacial score (nSPS) is 15.6. The molecule has 3 nitrogen and oxygen atoms in total. The Morgan fingerprint density at radius 3 is 2.86 bits per heavy atom. The maximum Gasteiger partial charge on any atom is 0.231 e. The molecule has 2 N–H and O–H groups in total. The molecule has 2 rings (SSSR count). The number of nitrogens with two attached hydrogens (primary N) is 1. The molecular weight excluding hydrogens is 185 g/mol. The van der Waals surface area contributed by atoms with E-state index in [0.717, 1.165) is 5.56 Å². The smallest absolute Gasteiger partial charge is 0.231 e. The molecule has 1 heterocycles. The zero-order valence-electron chi connectivity index (χ0n) is 7.92. The summed E-state index contributed by atoms with van der Waals surface area (Å²) in [5, 5.41) is 0. The van der Waals surface area contributed by atoms with Crippen molar-refractivity contribution in [2.75, 3.05) is 6.79 Å². The number of hydrogen-bond acceptors (Lipinski definition) is 3. The second-order valence-corrected chi connectivity index (χ2v) is 3.45. The molecule has 0 amide bonds. The first-order valence-electron chi connectivity index (χ1n) is 4.51. The van der Waals surface area contributed by atoms with Crippen molar-refractivity contribution in [2.24, 2.45) is 5.73 Å². The van der Waals surface area contributed by atoms with E-state index in [1.807, 2.05) is 6.92 Å². The number of benzene rings is 1. The van der Waals surface area contributed by atoms with Crippen LogP contribution in [0.15, 0.2) is 12.1 Å². The van der Waals surface area contributed by atoms with Crippen LogP contribution >= 0.6 is 0 Å². The van der Waals surface area contributed by atoms with Crippen LogP contribution in [0.4, 0.5) is 4.39 Å². The fourth-order valence-electron chi connectivity index (χ4n) is 1.53. The molecule has 0 bridgehead atoms. The van der Waals surface area contributed by atoms with Gasteiger partial charge in [-0.05, 0) is 25.0 Å². The lowest BCUT2D eigenvalue weighted by Crippen LogP contribution is -2.18. The Bertz CT molecular complexity index is 352.